The Bertz CT molecular complexity index is 3760. The van der Waals surface area contributed by atoms with Crippen LogP contribution in [-0.4, -0.2) is 18.7 Å². The van der Waals surface area contributed by atoms with Crippen molar-refractivity contribution >= 4 is 50.2 Å². The first-order chi connectivity index (χ1) is 35.1. The largest absolute Gasteiger partial charge is 0.497 e. The standard InChI is InChI=1S/C53H43N3O.C15H14/c1-53(2)49-21-13-11-19-45(49)46-29-26-41(35-50(46)53)56-51-22-14-12-20-47(51)48-33-36(23-30-52(48)56)37-31-42(54(3)38-15-7-5-8-16-38)34-43(32-37)55(39-17-9-6-10-18-39)40-24-27-44(57-4)28-25-40;1-15(2)13-9-5-3-7-11(13)12-8-4-6-10-14(12)15/h5-35H,1-4H3;3-10H,1-2H3. The lowest BCUT2D eigenvalue weighted by atomic mass is 9.82. The van der Waals surface area contributed by atoms with Gasteiger partial charge in [0.05, 0.1) is 18.1 Å². The number of para-hydroxylation sites is 3. The van der Waals surface area contributed by atoms with Crippen LogP contribution in [0.3, 0.4) is 0 Å². The third-order valence-electron chi connectivity index (χ3n) is 15.4. The fraction of sp³-hybridized carbons (Fsp3) is 0.118. The van der Waals surface area contributed by atoms with Crippen molar-refractivity contribution in [2.45, 2.75) is 38.5 Å². The first kappa shape index (κ1) is 44.6. The second kappa shape index (κ2) is 17.7. The molecule has 4 heteroatoms. The number of ether oxygens (including phenoxy) is 1. The van der Waals surface area contributed by atoms with E-state index in [2.05, 4.69) is 274 Å². The maximum atomic E-state index is 5.55. The molecule has 0 atom stereocenters. The third-order valence-corrected chi connectivity index (χ3v) is 15.4. The summed E-state index contributed by atoms with van der Waals surface area (Å²) >= 11 is 0. The molecule has 11 aromatic rings. The summed E-state index contributed by atoms with van der Waals surface area (Å²) in [6.45, 7) is 9.31. The predicted molar refractivity (Wildman–Crippen MR) is 304 cm³/mol. The van der Waals surface area contributed by atoms with Crippen LogP contribution in [0, 0.1) is 0 Å². The van der Waals surface area contributed by atoms with E-state index in [4.69, 9.17) is 4.74 Å². The summed E-state index contributed by atoms with van der Waals surface area (Å²) in [7, 11) is 3.85. The number of nitrogens with zero attached hydrogens (tertiary/aromatic N) is 3. The van der Waals surface area contributed by atoms with Gasteiger partial charge in [0, 0.05) is 62.8 Å². The minimum atomic E-state index is -0.0804. The summed E-state index contributed by atoms with van der Waals surface area (Å²) in [5.74, 6) is 0.825. The Morgan fingerprint density at radius 2 is 0.861 bits per heavy atom. The van der Waals surface area contributed by atoms with Gasteiger partial charge in [0.25, 0.3) is 0 Å². The summed E-state index contributed by atoms with van der Waals surface area (Å²) in [5, 5.41) is 2.46. The van der Waals surface area contributed by atoms with Crippen molar-refractivity contribution in [2.24, 2.45) is 0 Å². The molecule has 0 spiro atoms. The molecule has 0 saturated carbocycles. The fourth-order valence-electron chi connectivity index (χ4n) is 11.6. The molecule has 0 fully saturated rings. The van der Waals surface area contributed by atoms with Crippen LogP contribution in [0.1, 0.15) is 49.9 Å². The first-order valence-electron chi connectivity index (χ1n) is 25.0. The van der Waals surface area contributed by atoms with Gasteiger partial charge in [-0.3, -0.25) is 0 Å². The molecule has 4 nitrogen and oxygen atoms in total. The summed E-state index contributed by atoms with van der Waals surface area (Å²) in [6, 6.07) is 85.5. The average Bonchev–Trinajstić information content (AvgIpc) is 3.98. The van der Waals surface area contributed by atoms with Crippen LogP contribution in [-0.2, 0) is 10.8 Å². The molecule has 0 aliphatic heterocycles. The van der Waals surface area contributed by atoms with E-state index in [0.717, 1.165) is 45.3 Å². The van der Waals surface area contributed by atoms with Gasteiger partial charge in [-0.2, -0.15) is 0 Å². The van der Waals surface area contributed by atoms with E-state index in [9.17, 15) is 0 Å². The Kier molecular flexibility index (Phi) is 10.9. The van der Waals surface area contributed by atoms with Crippen molar-refractivity contribution in [3.05, 3.63) is 259 Å². The normalized spacial score (nSPS) is 13.4. The van der Waals surface area contributed by atoms with Crippen LogP contribution in [0.4, 0.5) is 28.4 Å². The highest BCUT2D eigenvalue weighted by Gasteiger charge is 2.36. The molecule has 72 heavy (non-hydrogen) atoms. The smallest absolute Gasteiger partial charge is 0.119 e. The van der Waals surface area contributed by atoms with Crippen molar-refractivity contribution in [1.82, 2.24) is 4.57 Å². The van der Waals surface area contributed by atoms with Crippen LogP contribution in [0.5, 0.6) is 5.75 Å². The number of aromatic nitrogens is 1. The lowest BCUT2D eigenvalue weighted by molar-refractivity contribution is 0.415. The topological polar surface area (TPSA) is 20.6 Å². The Morgan fingerprint density at radius 3 is 1.49 bits per heavy atom. The van der Waals surface area contributed by atoms with Crippen LogP contribution in [0.2, 0.25) is 0 Å². The number of rotatable bonds is 8. The summed E-state index contributed by atoms with van der Waals surface area (Å²) in [5.41, 5.74) is 22.5. The summed E-state index contributed by atoms with van der Waals surface area (Å²) in [6.07, 6.45) is 0. The second-order valence-corrected chi connectivity index (χ2v) is 20.2. The molecule has 1 aromatic heterocycles. The van der Waals surface area contributed by atoms with E-state index in [1.807, 2.05) is 12.1 Å². The Morgan fingerprint density at radius 1 is 0.361 bits per heavy atom. The molecule has 1 heterocycles. The third kappa shape index (κ3) is 7.45. The molecule has 350 valence electrons. The molecule has 0 bridgehead atoms. The van der Waals surface area contributed by atoms with Crippen molar-refractivity contribution in [1.29, 1.82) is 0 Å². The van der Waals surface area contributed by atoms with E-state index in [1.54, 1.807) is 7.11 Å². The van der Waals surface area contributed by atoms with Crippen molar-refractivity contribution < 1.29 is 4.74 Å². The highest BCUT2D eigenvalue weighted by Crippen LogP contribution is 2.51. The van der Waals surface area contributed by atoms with Gasteiger partial charge in [-0.15, -0.1) is 0 Å². The first-order valence-corrected chi connectivity index (χ1v) is 25.0. The fourth-order valence-corrected chi connectivity index (χ4v) is 11.6. The second-order valence-electron chi connectivity index (χ2n) is 20.2. The van der Waals surface area contributed by atoms with Gasteiger partial charge in [-0.25, -0.2) is 0 Å². The minimum Gasteiger partial charge on any atom is -0.497 e. The molecular formula is C68H57N3O. The molecule has 0 amide bonds. The van der Waals surface area contributed by atoms with Crippen molar-refractivity contribution in [3.63, 3.8) is 0 Å². The molecular weight excluding hydrogens is 875 g/mol. The maximum absolute atomic E-state index is 5.55. The molecule has 0 unspecified atom stereocenters. The molecule has 13 rings (SSSR count). The minimum absolute atomic E-state index is 0.0804. The van der Waals surface area contributed by atoms with Gasteiger partial charge >= 0.3 is 0 Å². The molecule has 0 N–H and O–H groups in total. The number of hydrogen-bond donors (Lipinski definition) is 0. The number of hydrogen-bond acceptors (Lipinski definition) is 3. The molecule has 2 aliphatic carbocycles. The Labute approximate surface area is 423 Å². The molecule has 0 saturated heterocycles. The quantitative estimate of drug-likeness (QED) is 0.151. The van der Waals surface area contributed by atoms with Gasteiger partial charge in [0.1, 0.15) is 5.75 Å². The van der Waals surface area contributed by atoms with Gasteiger partial charge in [-0.1, -0.05) is 167 Å². The highest BCUT2D eigenvalue weighted by molar-refractivity contribution is 6.10. The predicted octanol–water partition coefficient (Wildman–Crippen LogP) is 18.0. The van der Waals surface area contributed by atoms with Gasteiger partial charge in [0.15, 0.2) is 0 Å². The molecule has 2 aliphatic rings. The Hall–Kier alpha value is -8.60. The summed E-state index contributed by atoms with van der Waals surface area (Å²) in [4.78, 5) is 4.59. The van der Waals surface area contributed by atoms with E-state index < -0.39 is 0 Å². The highest BCUT2D eigenvalue weighted by atomic mass is 16.5. The van der Waals surface area contributed by atoms with Crippen LogP contribution in [0.25, 0.3) is 60.9 Å². The lowest BCUT2D eigenvalue weighted by Gasteiger charge is -2.28. The van der Waals surface area contributed by atoms with Gasteiger partial charge in [0.2, 0.25) is 0 Å². The zero-order valence-corrected chi connectivity index (χ0v) is 41.8. The van der Waals surface area contributed by atoms with Gasteiger partial charge in [-0.05, 0) is 153 Å². The maximum Gasteiger partial charge on any atom is 0.119 e. The van der Waals surface area contributed by atoms with Crippen LogP contribution >= 0.6 is 0 Å². The molecule has 0 radical (unpaired) electrons. The van der Waals surface area contributed by atoms with E-state index in [0.29, 0.717) is 0 Å². The van der Waals surface area contributed by atoms with Gasteiger partial charge < -0.3 is 19.1 Å². The number of methoxy groups -OCH3 is 1. The van der Waals surface area contributed by atoms with E-state index in [1.165, 1.54) is 72.0 Å². The van der Waals surface area contributed by atoms with Crippen molar-refractivity contribution in [3.8, 4) is 44.8 Å². The van der Waals surface area contributed by atoms with Crippen LogP contribution in [0.15, 0.2) is 237 Å². The number of anilines is 5. The van der Waals surface area contributed by atoms with E-state index >= 15 is 0 Å². The molecule has 10 aromatic carbocycles. The summed E-state index contributed by atoms with van der Waals surface area (Å²) < 4.78 is 7.99. The van der Waals surface area contributed by atoms with Crippen LogP contribution < -0.4 is 14.5 Å². The zero-order chi connectivity index (χ0) is 49.1. The SMILES string of the molecule is CC1(C)c2ccccc2-c2ccccc21.COc1ccc(N(c2ccccc2)c2cc(-c3ccc4c(c3)c3ccccc3n4-c3ccc4c(c3)C(C)(C)c3ccccc3-4)cc(N(C)c3ccccc3)c2)cc1. The average molecular weight is 932 g/mol. The Balaban J connectivity index is 0.000000300. The van der Waals surface area contributed by atoms with Crippen molar-refractivity contribution in [2.75, 3.05) is 24.0 Å². The zero-order valence-electron chi connectivity index (χ0n) is 41.8. The van der Waals surface area contributed by atoms with E-state index in [-0.39, 0.29) is 10.8 Å². The number of fused-ring (bicyclic) bond motifs is 9. The number of benzene rings is 10. The lowest BCUT2D eigenvalue weighted by Crippen LogP contribution is -2.15. The monoisotopic (exact) mass is 931 g/mol.